The Hall–Kier alpha value is -3.16. The van der Waals surface area contributed by atoms with E-state index in [1.807, 2.05) is 42.5 Å². The predicted molar refractivity (Wildman–Crippen MR) is 131 cm³/mol. The molecule has 0 aromatic heterocycles. The number of nitrogens with one attached hydrogen (secondary N) is 2. The van der Waals surface area contributed by atoms with Crippen LogP contribution in [0, 0.1) is 0 Å². The average molecular weight is 482 g/mol. The molecule has 4 rings (SSSR count). The lowest BCUT2D eigenvalue weighted by Gasteiger charge is -2.40. The number of carbonyl (C=O) groups excluding carboxylic acids is 2. The molecule has 34 heavy (non-hydrogen) atoms. The second-order valence-electron chi connectivity index (χ2n) is 8.76. The van der Waals surface area contributed by atoms with Gasteiger partial charge in [0, 0.05) is 17.1 Å². The Bertz CT molecular complexity index is 1080. The van der Waals surface area contributed by atoms with Crippen molar-refractivity contribution in [1.29, 1.82) is 0 Å². The van der Waals surface area contributed by atoms with E-state index >= 15 is 0 Å². The second-order valence-corrected chi connectivity index (χ2v) is 9.19. The molecule has 7 nitrogen and oxygen atoms in total. The van der Waals surface area contributed by atoms with Crippen molar-refractivity contribution in [3.8, 4) is 0 Å². The number of nitrogens with zero attached hydrogens (tertiary/aromatic N) is 1. The molecule has 2 aromatic carbocycles. The molecule has 2 aliphatic rings. The fraction of sp³-hybridized carbons (Fsp3) is 0.346. The predicted octanol–water partition coefficient (Wildman–Crippen LogP) is 3.19. The molecular weight excluding hydrogens is 454 g/mol. The van der Waals surface area contributed by atoms with Crippen molar-refractivity contribution in [2.45, 2.75) is 37.3 Å². The Morgan fingerprint density at radius 2 is 1.74 bits per heavy atom. The Labute approximate surface area is 203 Å². The highest BCUT2D eigenvalue weighted by Crippen LogP contribution is 2.29. The molecule has 8 heteroatoms. The van der Waals surface area contributed by atoms with Crippen LogP contribution < -0.4 is 10.6 Å². The second kappa shape index (κ2) is 10.4. The molecule has 1 unspecified atom stereocenters. The van der Waals surface area contributed by atoms with E-state index in [-0.39, 0.29) is 11.8 Å². The molecule has 0 radical (unpaired) electrons. The third-order valence-electron chi connectivity index (χ3n) is 6.53. The maximum absolute atomic E-state index is 13.7. The smallest absolute Gasteiger partial charge is 0.326 e. The first kappa shape index (κ1) is 24.0. The number of hydrogen-bond acceptors (Lipinski definition) is 4. The molecular formula is C26H28ClN3O4. The van der Waals surface area contributed by atoms with Crippen molar-refractivity contribution >= 4 is 41.0 Å². The number of carboxylic acids is 1. The van der Waals surface area contributed by atoms with Gasteiger partial charge in [0.05, 0.1) is 0 Å². The highest BCUT2D eigenvalue weighted by atomic mass is 35.5. The largest absolute Gasteiger partial charge is 0.480 e. The molecule has 2 fully saturated rings. The minimum Gasteiger partial charge on any atom is -0.480 e. The van der Waals surface area contributed by atoms with Gasteiger partial charge in [-0.3, -0.25) is 9.59 Å². The zero-order valence-electron chi connectivity index (χ0n) is 18.8. The fourth-order valence-electron chi connectivity index (χ4n) is 4.70. The van der Waals surface area contributed by atoms with Crippen LogP contribution in [0.5, 0.6) is 0 Å². The van der Waals surface area contributed by atoms with Gasteiger partial charge < -0.3 is 20.6 Å². The molecule has 2 amide bonds. The molecule has 2 aliphatic heterocycles. The van der Waals surface area contributed by atoms with Crippen LogP contribution in [-0.2, 0) is 14.4 Å². The van der Waals surface area contributed by atoms with E-state index in [2.05, 4.69) is 10.6 Å². The first-order valence-corrected chi connectivity index (χ1v) is 11.9. The summed E-state index contributed by atoms with van der Waals surface area (Å²) in [6.07, 6.45) is 3.62. The lowest BCUT2D eigenvalue weighted by molar-refractivity contribution is -0.152. The van der Waals surface area contributed by atoms with Crippen molar-refractivity contribution in [1.82, 2.24) is 15.5 Å². The summed E-state index contributed by atoms with van der Waals surface area (Å²) in [6.45, 7) is 1.49. The molecule has 1 atom stereocenters. The molecule has 0 saturated carbocycles. The van der Waals surface area contributed by atoms with E-state index in [9.17, 15) is 19.5 Å². The van der Waals surface area contributed by atoms with E-state index in [1.54, 1.807) is 18.2 Å². The Morgan fingerprint density at radius 1 is 1.06 bits per heavy atom. The minimum absolute atomic E-state index is 0.314. The normalized spacial score (nSPS) is 20.1. The summed E-state index contributed by atoms with van der Waals surface area (Å²) >= 11 is 6.02. The summed E-state index contributed by atoms with van der Waals surface area (Å²) in [4.78, 5) is 40.6. The number of benzene rings is 2. The zero-order valence-corrected chi connectivity index (χ0v) is 19.6. The molecule has 0 bridgehead atoms. The number of rotatable bonds is 6. The van der Waals surface area contributed by atoms with Crippen molar-refractivity contribution in [2.24, 2.45) is 0 Å². The van der Waals surface area contributed by atoms with Gasteiger partial charge in [-0.25, -0.2) is 4.79 Å². The molecule has 0 spiro atoms. The molecule has 2 heterocycles. The molecule has 0 aliphatic carbocycles. The number of piperidine rings is 1. The SMILES string of the molecule is O=C(NC1(C(=O)N2CCCC2C(=O)O)CCNCC1)/C(=C/c1ccc(Cl)cc1)c1ccccc1. The van der Waals surface area contributed by atoms with Crippen molar-refractivity contribution in [3.63, 3.8) is 0 Å². The van der Waals surface area contributed by atoms with Crippen LogP contribution in [0.1, 0.15) is 36.8 Å². The van der Waals surface area contributed by atoms with Gasteiger partial charge in [-0.1, -0.05) is 54.1 Å². The summed E-state index contributed by atoms with van der Waals surface area (Å²) in [7, 11) is 0. The van der Waals surface area contributed by atoms with Gasteiger partial charge in [-0.05, 0) is 68.1 Å². The maximum Gasteiger partial charge on any atom is 0.326 e. The Balaban J connectivity index is 1.68. The molecule has 178 valence electrons. The van der Waals surface area contributed by atoms with Gasteiger partial charge in [0.2, 0.25) is 5.91 Å². The number of hydrogen-bond donors (Lipinski definition) is 3. The van der Waals surface area contributed by atoms with Crippen LogP contribution in [0.25, 0.3) is 11.6 Å². The maximum atomic E-state index is 13.7. The molecule has 3 N–H and O–H groups in total. The number of carbonyl (C=O) groups is 3. The standard InChI is InChI=1S/C26H28ClN3O4/c27-20-10-8-18(9-11-20)17-21(19-5-2-1-3-6-19)23(31)29-26(12-14-28-15-13-26)25(34)30-16-4-7-22(30)24(32)33/h1-3,5-6,8-11,17,22,28H,4,7,12-16H2,(H,29,31)(H,32,33)/b21-17+. The molecule has 2 saturated heterocycles. The fourth-order valence-corrected chi connectivity index (χ4v) is 4.82. The topological polar surface area (TPSA) is 98.7 Å². The number of aliphatic carboxylic acids is 1. The van der Waals surface area contributed by atoms with Gasteiger partial charge in [0.15, 0.2) is 0 Å². The van der Waals surface area contributed by atoms with Crippen molar-refractivity contribution in [2.75, 3.05) is 19.6 Å². The lowest BCUT2D eigenvalue weighted by atomic mass is 9.85. The summed E-state index contributed by atoms with van der Waals surface area (Å²) in [6, 6.07) is 15.6. The van der Waals surface area contributed by atoms with Gasteiger partial charge in [0.25, 0.3) is 5.91 Å². The van der Waals surface area contributed by atoms with E-state index in [4.69, 9.17) is 11.6 Å². The first-order chi connectivity index (χ1) is 16.4. The lowest BCUT2D eigenvalue weighted by Crippen LogP contribution is -2.64. The van der Waals surface area contributed by atoms with Crippen LogP contribution in [0.2, 0.25) is 5.02 Å². The summed E-state index contributed by atoms with van der Waals surface area (Å²) in [5.41, 5.74) is 0.782. The van der Waals surface area contributed by atoms with Gasteiger partial charge in [-0.15, -0.1) is 0 Å². The quantitative estimate of drug-likeness (QED) is 0.434. The van der Waals surface area contributed by atoms with Crippen molar-refractivity contribution in [3.05, 3.63) is 70.7 Å². The monoisotopic (exact) mass is 481 g/mol. The number of amides is 2. The van der Waals surface area contributed by atoms with Crippen LogP contribution in [0.4, 0.5) is 0 Å². The third-order valence-corrected chi connectivity index (χ3v) is 6.78. The number of halogens is 1. The van der Waals surface area contributed by atoms with Crippen LogP contribution in [0.15, 0.2) is 54.6 Å². The summed E-state index contributed by atoms with van der Waals surface area (Å²) < 4.78 is 0. The van der Waals surface area contributed by atoms with E-state index in [0.717, 1.165) is 11.1 Å². The highest BCUT2D eigenvalue weighted by Gasteiger charge is 2.47. The van der Waals surface area contributed by atoms with Crippen LogP contribution >= 0.6 is 11.6 Å². The van der Waals surface area contributed by atoms with E-state index in [1.165, 1.54) is 4.90 Å². The summed E-state index contributed by atoms with van der Waals surface area (Å²) in [5.74, 6) is -1.69. The summed E-state index contributed by atoms with van der Waals surface area (Å²) in [5, 5.41) is 16.5. The van der Waals surface area contributed by atoms with Crippen molar-refractivity contribution < 1.29 is 19.5 Å². The number of likely N-dealkylation sites (tertiary alicyclic amines) is 1. The molecule has 2 aromatic rings. The van der Waals surface area contributed by atoms with E-state index in [0.29, 0.717) is 55.9 Å². The average Bonchev–Trinajstić information content (AvgIpc) is 3.34. The third kappa shape index (κ3) is 5.16. The minimum atomic E-state index is -1.16. The van der Waals surface area contributed by atoms with E-state index < -0.39 is 17.6 Å². The van der Waals surface area contributed by atoms with Gasteiger partial charge in [-0.2, -0.15) is 0 Å². The Kier molecular flexibility index (Phi) is 7.34. The van der Waals surface area contributed by atoms with Gasteiger partial charge in [0.1, 0.15) is 11.6 Å². The van der Waals surface area contributed by atoms with Crippen LogP contribution in [-0.4, -0.2) is 59.0 Å². The van der Waals surface area contributed by atoms with Crippen LogP contribution in [0.3, 0.4) is 0 Å². The highest BCUT2D eigenvalue weighted by molar-refractivity contribution is 6.30. The zero-order chi connectivity index (χ0) is 24.1. The first-order valence-electron chi connectivity index (χ1n) is 11.5. The Morgan fingerprint density at radius 3 is 2.38 bits per heavy atom. The van der Waals surface area contributed by atoms with Gasteiger partial charge >= 0.3 is 5.97 Å². The number of carboxylic acid groups (broad SMARTS) is 1.